The molecule has 2 N–H and O–H groups in total. The van der Waals surface area contributed by atoms with Gasteiger partial charge in [-0.2, -0.15) is 0 Å². The van der Waals surface area contributed by atoms with Gasteiger partial charge >= 0.3 is 0 Å². The summed E-state index contributed by atoms with van der Waals surface area (Å²) in [5, 5.41) is 10.8. The summed E-state index contributed by atoms with van der Waals surface area (Å²) < 4.78 is 0. The van der Waals surface area contributed by atoms with E-state index in [1.807, 2.05) is 0 Å². The zero-order valence-electron chi connectivity index (χ0n) is 9.20. The van der Waals surface area contributed by atoms with Gasteiger partial charge in [0.05, 0.1) is 11.5 Å². The van der Waals surface area contributed by atoms with Crippen molar-refractivity contribution in [2.24, 2.45) is 5.73 Å². The number of carbonyl (C=O) groups excluding carboxylic acids is 1. The van der Waals surface area contributed by atoms with Crippen LogP contribution in [0.1, 0.15) is 12.0 Å². The highest BCUT2D eigenvalue weighted by molar-refractivity contribution is 5.79. The molecular weight excluding hydrogens is 222 g/mol. The van der Waals surface area contributed by atoms with Crippen LogP contribution in [0.25, 0.3) is 0 Å². The first kappa shape index (κ1) is 11.5. The van der Waals surface area contributed by atoms with Crippen LogP contribution in [0.5, 0.6) is 0 Å². The molecule has 1 saturated heterocycles. The minimum absolute atomic E-state index is 0.0424. The summed E-state index contributed by atoms with van der Waals surface area (Å²) in [5.74, 6) is -0.0457. The first-order valence-corrected chi connectivity index (χ1v) is 5.33. The van der Waals surface area contributed by atoms with E-state index in [9.17, 15) is 14.9 Å². The molecule has 6 heteroatoms. The lowest BCUT2D eigenvalue weighted by atomic mass is 10.1. The molecule has 17 heavy (non-hydrogen) atoms. The van der Waals surface area contributed by atoms with E-state index < -0.39 is 4.92 Å². The number of carbonyl (C=O) groups is 1. The molecule has 1 atom stereocenters. The van der Waals surface area contributed by atoms with E-state index in [-0.39, 0.29) is 24.2 Å². The van der Waals surface area contributed by atoms with Gasteiger partial charge in [0, 0.05) is 30.6 Å². The van der Waals surface area contributed by atoms with Crippen LogP contribution in [-0.2, 0) is 11.3 Å². The van der Waals surface area contributed by atoms with Crippen LogP contribution in [0.3, 0.4) is 0 Å². The average Bonchev–Trinajstić information content (AvgIpc) is 2.58. The minimum Gasteiger partial charge on any atom is -0.336 e. The Bertz CT molecular complexity index is 461. The van der Waals surface area contributed by atoms with Gasteiger partial charge in [-0.25, -0.2) is 0 Å². The Labute approximate surface area is 98.2 Å². The smallest absolute Gasteiger partial charge is 0.274 e. The highest BCUT2D eigenvalue weighted by atomic mass is 16.6. The lowest BCUT2D eigenvalue weighted by molar-refractivity contribution is -0.385. The maximum atomic E-state index is 11.5. The Morgan fingerprint density at radius 1 is 1.47 bits per heavy atom. The number of rotatable bonds is 3. The van der Waals surface area contributed by atoms with E-state index >= 15 is 0 Å². The molecule has 2 rings (SSSR count). The van der Waals surface area contributed by atoms with E-state index in [2.05, 4.69) is 0 Å². The van der Waals surface area contributed by atoms with Crippen molar-refractivity contribution in [3.05, 3.63) is 39.9 Å². The average molecular weight is 235 g/mol. The zero-order chi connectivity index (χ0) is 12.4. The molecular formula is C11H13N3O3. The molecule has 0 radical (unpaired) electrons. The number of nitrogens with zero attached hydrogens (tertiary/aromatic N) is 2. The van der Waals surface area contributed by atoms with Crippen molar-refractivity contribution in [1.82, 2.24) is 4.90 Å². The summed E-state index contributed by atoms with van der Waals surface area (Å²) in [7, 11) is 0. The van der Waals surface area contributed by atoms with Gasteiger partial charge in [0.1, 0.15) is 0 Å². The largest absolute Gasteiger partial charge is 0.336 e. The number of nitro groups is 1. The lowest BCUT2D eigenvalue weighted by Gasteiger charge is -2.15. The summed E-state index contributed by atoms with van der Waals surface area (Å²) in [6, 6.07) is 6.28. The maximum absolute atomic E-state index is 11.5. The third-order valence-corrected chi connectivity index (χ3v) is 2.79. The van der Waals surface area contributed by atoms with Crippen LogP contribution in [0.15, 0.2) is 24.3 Å². The van der Waals surface area contributed by atoms with E-state index in [1.54, 1.807) is 23.1 Å². The third-order valence-electron chi connectivity index (χ3n) is 2.79. The molecule has 0 aromatic heterocycles. The normalized spacial score (nSPS) is 19.7. The fraction of sp³-hybridized carbons (Fsp3) is 0.364. The zero-order valence-corrected chi connectivity index (χ0v) is 9.20. The van der Waals surface area contributed by atoms with Gasteiger partial charge < -0.3 is 10.6 Å². The Morgan fingerprint density at radius 3 is 2.76 bits per heavy atom. The number of hydrogen-bond acceptors (Lipinski definition) is 4. The SMILES string of the molecule is NC1CC(=O)N(Cc2ccccc2[N+](=O)[O-])C1. The molecule has 0 spiro atoms. The predicted octanol–water partition coefficient (Wildman–Crippen LogP) is 0.654. The maximum Gasteiger partial charge on any atom is 0.274 e. The molecule has 1 fully saturated rings. The van der Waals surface area contributed by atoms with Crippen molar-refractivity contribution in [3.8, 4) is 0 Å². The molecule has 6 nitrogen and oxygen atoms in total. The van der Waals surface area contributed by atoms with Crippen LogP contribution < -0.4 is 5.73 Å². The van der Waals surface area contributed by atoms with Crippen molar-refractivity contribution in [3.63, 3.8) is 0 Å². The fourth-order valence-electron chi connectivity index (χ4n) is 1.98. The number of hydrogen-bond donors (Lipinski definition) is 1. The standard InChI is InChI=1S/C11H13N3O3/c12-9-5-11(15)13(7-9)6-8-3-1-2-4-10(8)14(16)17/h1-4,9H,5-7,12H2. The minimum atomic E-state index is -0.435. The molecule has 1 aromatic carbocycles. The van der Waals surface area contributed by atoms with Crippen molar-refractivity contribution >= 4 is 11.6 Å². The molecule has 1 aliphatic rings. The lowest BCUT2D eigenvalue weighted by Crippen LogP contribution is -2.28. The monoisotopic (exact) mass is 235 g/mol. The molecule has 0 saturated carbocycles. The quantitative estimate of drug-likeness (QED) is 0.615. The first-order chi connectivity index (χ1) is 8.08. The van der Waals surface area contributed by atoms with Crippen LogP contribution >= 0.6 is 0 Å². The predicted molar refractivity (Wildman–Crippen MR) is 61.1 cm³/mol. The van der Waals surface area contributed by atoms with Gasteiger partial charge in [-0.1, -0.05) is 18.2 Å². The highest BCUT2D eigenvalue weighted by Gasteiger charge is 2.28. The van der Waals surface area contributed by atoms with Gasteiger partial charge in [-0.15, -0.1) is 0 Å². The molecule has 0 aliphatic carbocycles. The van der Waals surface area contributed by atoms with Crippen molar-refractivity contribution in [2.45, 2.75) is 19.0 Å². The summed E-state index contributed by atoms with van der Waals surface area (Å²) in [4.78, 5) is 23.5. The number of para-hydroxylation sites is 1. The van der Waals surface area contributed by atoms with Crippen molar-refractivity contribution in [2.75, 3.05) is 6.54 Å². The summed E-state index contributed by atoms with van der Waals surface area (Å²) in [6.45, 7) is 0.717. The van der Waals surface area contributed by atoms with Crippen LogP contribution in [0, 0.1) is 10.1 Å². The Hall–Kier alpha value is -1.95. The van der Waals surface area contributed by atoms with Gasteiger partial charge in [-0.05, 0) is 0 Å². The summed E-state index contributed by atoms with van der Waals surface area (Å²) in [6.07, 6.45) is 0.320. The van der Waals surface area contributed by atoms with Crippen LogP contribution in [0.2, 0.25) is 0 Å². The molecule has 1 aromatic rings. The number of amides is 1. The third kappa shape index (κ3) is 2.42. The van der Waals surface area contributed by atoms with E-state index in [0.717, 1.165) is 0 Å². The molecule has 1 heterocycles. The van der Waals surface area contributed by atoms with E-state index in [4.69, 9.17) is 5.73 Å². The number of nitro benzene ring substituents is 1. The van der Waals surface area contributed by atoms with Gasteiger partial charge in [-0.3, -0.25) is 14.9 Å². The summed E-state index contributed by atoms with van der Waals surface area (Å²) >= 11 is 0. The topological polar surface area (TPSA) is 89.5 Å². The molecule has 0 bridgehead atoms. The number of nitrogens with two attached hydrogens (primary N) is 1. The van der Waals surface area contributed by atoms with Gasteiger partial charge in [0.2, 0.25) is 5.91 Å². The molecule has 1 unspecified atom stereocenters. The number of likely N-dealkylation sites (tertiary alicyclic amines) is 1. The highest BCUT2D eigenvalue weighted by Crippen LogP contribution is 2.21. The van der Waals surface area contributed by atoms with Crippen molar-refractivity contribution < 1.29 is 9.72 Å². The van der Waals surface area contributed by atoms with Gasteiger partial charge in [0.15, 0.2) is 0 Å². The second-order valence-corrected chi connectivity index (χ2v) is 4.12. The van der Waals surface area contributed by atoms with Gasteiger partial charge in [0.25, 0.3) is 5.69 Å². The van der Waals surface area contributed by atoms with Crippen LogP contribution in [-0.4, -0.2) is 28.3 Å². The first-order valence-electron chi connectivity index (χ1n) is 5.33. The Kier molecular flexibility index (Phi) is 3.06. The van der Waals surface area contributed by atoms with E-state index in [0.29, 0.717) is 18.5 Å². The van der Waals surface area contributed by atoms with E-state index in [1.165, 1.54) is 6.07 Å². The number of benzene rings is 1. The second kappa shape index (κ2) is 4.50. The van der Waals surface area contributed by atoms with Crippen LogP contribution in [0.4, 0.5) is 5.69 Å². The second-order valence-electron chi connectivity index (χ2n) is 4.12. The molecule has 90 valence electrons. The fourth-order valence-corrected chi connectivity index (χ4v) is 1.98. The molecule has 1 aliphatic heterocycles. The molecule has 1 amide bonds. The van der Waals surface area contributed by atoms with Crippen molar-refractivity contribution in [1.29, 1.82) is 0 Å². The Balaban J connectivity index is 2.19. The Morgan fingerprint density at radius 2 is 2.18 bits per heavy atom. The summed E-state index contributed by atoms with van der Waals surface area (Å²) in [5.41, 5.74) is 6.25.